The maximum Gasteiger partial charge on any atom is 0.410 e. The molecule has 6 heteroatoms. The number of benzene rings is 2. The van der Waals surface area contributed by atoms with E-state index in [1.54, 1.807) is 0 Å². The van der Waals surface area contributed by atoms with Crippen LogP contribution in [0.2, 0.25) is 0 Å². The van der Waals surface area contributed by atoms with E-state index < -0.39 is 0 Å². The average molecular weight is 437 g/mol. The molecule has 6 nitrogen and oxygen atoms in total. The van der Waals surface area contributed by atoms with Gasteiger partial charge >= 0.3 is 6.09 Å². The van der Waals surface area contributed by atoms with E-state index in [2.05, 4.69) is 52.9 Å². The Morgan fingerprint density at radius 1 is 0.969 bits per heavy atom. The molecule has 0 aliphatic carbocycles. The molecule has 0 spiro atoms. The van der Waals surface area contributed by atoms with Gasteiger partial charge in [0, 0.05) is 51.5 Å². The van der Waals surface area contributed by atoms with Crippen LogP contribution in [-0.4, -0.2) is 80.2 Å². The summed E-state index contributed by atoms with van der Waals surface area (Å²) in [6, 6.07) is 18.6. The molecule has 2 aromatic carbocycles. The van der Waals surface area contributed by atoms with Crippen LogP contribution < -0.4 is 4.90 Å². The quantitative estimate of drug-likeness (QED) is 0.688. The number of hydrogen-bond acceptors (Lipinski definition) is 5. The van der Waals surface area contributed by atoms with Crippen molar-refractivity contribution in [3.63, 3.8) is 0 Å². The Bertz CT molecular complexity index is 867. The van der Waals surface area contributed by atoms with Gasteiger partial charge in [-0.15, -0.1) is 0 Å². The zero-order valence-electron chi connectivity index (χ0n) is 19.4. The number of carbonyl (C=O) groups is 1. The van der Waals surface area contributed by atoms with Gasteiger partial charge in [-0.1, -0.05) is 49.4 Å². The van der Waals surface area contributed by atoms with Crippen molar-refractivity contribution in [2.75, 3.05) is 64.3 Å². The molecule has 0 saturated carbocycles. The lowest BCUT2D eigenvalue weighted by Gasteiger charge is -2.40. The van der Waals surface area contributed by atoms with Gasteiger partial charge in [-0.25, -0.2) is 4.79 Å². The molecule has 2 aliphatic rings. The molecule has 1 atom stereocenters. The fourth-order valence-electron chi connectivity index (χ4n) is 4.70. The number of ether oxygens (including phenoxy) is 1. The minimum Gasteiger partial charge on any atom is -0.445 e. The van der Waals surface area contributed by atoms with Gasteiger partial charge in [0.25, 0.3) is 0 Å². The summed E-state index contributed by atoms with van der Waals surface area (Å²) in [5, 5.41) is 0. The topological polar surface area (TPSA) is 39.3 Å². The van der Waals surface area contributed by atoms with E-state index in [4.69, 9.17) is 4.74 Å². The first-order chi connectivity index (χ1) is 15.6. The third kappa shape index (κ3) is 5.61. The molecule has 0 radical (unpaired) electrons. The van der Waals surface area contributed by atoms with Crippen molar-refractivity contribution in [2.24, 2.45) is 0 Å². The number of likely N-dealkylation sites (N-methyl/N-ethyl adjacent to an activating group) is 1. The molecular formula is C26H36N4O2. The average Bonchev–Trinajstić information content (AvgIpc) is 2.84. The number of carbonyl (C=O) groups excluding carboxylic acids is 1. The van der Waals surface area contributed by atoms with Crippen molar-refractivity contribution >= 4 is 11.8 Å². The van der Waals surface area contributed by atoms with Crippen LogP contribution in [0.1, 0.15) is 30.5 Å². The van der Waals surface area contributed by atoms with Gasteiger partial charge in [0.1, 0.15) is 6.61 Å². The van der Waals surface area contributed by atoms with E-state index in [-0.39, 0.29) is 12.1 Å². The number of piperazine rings is 2. The fraction of sp³-hybridized carbons (Fsp3) is 0.500. The molecule has 0 aromatic heterocycles. The van der Waals surface area contributed by atoms with Gasteiger partial charge in [-0.2, -0.15) is 0 Å². The van der Waals surface area contributed by atoms with Crippen molar-refractivity contribution in [3.05, 3.63) is 65.7 Å². The normalized spacial score (nSPS) is 20.4. The molecule has 2 fully saturated rings. The van der Waals surface area contributed by atoms with Crippen LogP contribution in [0.5, 0.6) is 0 Å². The molecule has 1 amide bonds. The van der Waals surface area contributed by atoms with Crippen LogP contribution in [0.4, 0.5) is 10.5 Å². The third-order valence-corrected chi connectivity index (χ3v) is 6.56. The van der Waals surface area contributed by atoms with Crippen molar-refractivity contribution in [1.82, 2.24) is 14.7 Å². The number of anilines is 1. The summed E-state index contributed by atoms with van der Waals surface area (Å²) >= 11 is 0. The van der Waals surface area contributed by atoms with Crippen LogP contribution >= 0.6 is 0 Å². The van der Waals surface area contributed by atoms with Gasteiger partial charge in [-0.3, -0.25) is 9.80 Å². The predicted octanol–water partition coefficient (Wildman–Crippen LogP) is 3.84. The summed E-state index contributed by atoms with van der Waals surface area (Å²) in [6.07, 6.45) is 0.978. The second-order valence-corrected chi connectivity index (χ2v) is 8.94. The van der Waals surface area contributed by atoms with Crippen molar-refractivity contribution in [1.29, 1.82) is 0 Å². The molecule has 172 valence electrons. The second-order valence-electron chi connectivity index (χ2n) is 8.94. The van der Waals surface area contributed by atoms with Gasteiger partial charge in [0.05, 0.1) is 6.04 Å². The van der Waals surface area contributed by atoms with Crippen molar-refractivity contribution in [2.45, 2.75) is 26.0 Å². The van der Waals surface area contributed by atoms with Gasteiger partial charge in [0.2, 0.25) is 0 Å². The molecule has 2 saturated heterocycles. The van der Waals surface area contributed by atoms with Crippen molar-refractivity contribution in [3.8, 4) is 0 Å². The SMILES string of the molecule is CCCN1CCN(c2cccc(C3CN(C)CCN3C(=O)OCc3ccccc3)c2)CC1. The van der Waals surface area contributed by atoms with E-state index >= 15 is 0 Å². The number of nitrogens with zero attached hydrogens (tertiary/aromatic N) is 4. The van der Waals surface area contributed by atoms with Crippen LogP contribution in [0, 0.1) is 0 Å². The lowest BCUT2D eigenvalue weighted by Crippen LogP contribution is -2.49. The number of hydrogen-bond donors (Lipinski definition) is 0. The summed E-state index contributed by atoms with van der Waals surface area (Å²) in [7, 11) is 2.12. The minimum absolute atomic E-state index is 0.00152. The summed E-state index contributed by atoms with van der Waals surface area (Å²) in [5.74, 6) is 0. The smallest absolute Gasteiger partial charge is 0.410 e. The summed E-state index contributed by atoms with van der Waals surface area (Å²) in [6.45, 7) is 10.4. The molecule has 0 N–H and O–H groups in total. The first-order valence-corrected chi connectivity index (χ1v) is 11.9. The van der Waals surface area contributed by atoms with E-state index in [1.165, 1.54) is 24.2 Å². The largest absolute Gasteiger partial charge is 0.445 e. The van der Waals surface area contributed by atoms with Crippen LogP contribution in [0.3, 0.4) is 0 Å². The van der Waals surface area contributed by atoms with Crippen LogP contribution in [0.25, 0.3) is 0 Å². The highest BCUT2D eigenvalue weighted by Crippen LogP contribution is 2.29. The Morgan fingerprint density at radius 2 is 1.75 bits per heavy atom. The van der Waals surface area contributed by atoms with Crippen LogP contribution in [-0.2, 0) is 11.3 Å². The molecule has 0 bridgehead atoms. The zero-order valence-corrected chi connectivity index (χ0v) is 19.4. The molecular weight excluding hydrogens is 400 g/mol. The minimum atomic E-state index is -0.231. The molecule has 2 heterocycles. The maximum absolute atomic E-state index is 13.0. The Labute approximate surface area is 192 Å². The molecule has 4 rings (SSSR count). The third-order valence-electron chi connectivity index (χ3n) is 6.56. The summed E-state index contributed by atoms with van der Waals surface area (Å²) < 4.78 is 5.69. The molecule has 2 aromatic rings. The Morgan fingerprint density at radius 3 is 2.50 bits per heavy atom. The highest BCUT2D eigenvalue weighted by Gasteiger charge is 2.32. The van der Waals surface area contributed by atoms with Gasteiger partial charge in [-0.05, 0) is 43.3 Å². The molecule has 1 unspecified atom stereocenters. The van der Waals surface area contributed by atoms with E-state index in [1.807, 2.05) is 35.2 Å². The highest BCUT2D eigenvalue weighted by molar-refractivity contribution is 5.69. The predicted molar refractivity (Wildman–Crippen MR) is 129 cm³/mol. The van der Waals surface area contributed by atoms with E-state index in [0.29, 0.717) is 13.2 Å². The lowest BCUT2D eigenvalue weighted by molar-refractivity contribution is 0.0491. The standard InChI is InChI=1S/C26H36N4O2/c1-3-12-28-14-16-29(17-15-28)24-11-7-10-23(19-24)25-20-27(2)13-18-30(25)26(31)32-21-22-8-5-4-6-9-22/h4-11,19,25H,3,12-18,20-21H2,1-2H3. The highest BCUT2D eigenvalue weighted by atomic mass is 16.6. The monoisotopic (exact) mass is 436 g/mol. The Balaban J connectivity index is 1.45. The lowest BCUT2D eigenvalue weighted by atomic mass is 10.0. The maximum atomic E-state index is 13.0. The van der Waals surface area contributed by atoms with E-state index in [9.17, 15) is 4.79 Å². The van der Waals surface area contributed by atoms with E-state index in [0.717, 1.165) is 44.8 Å². The van der Waals surface area contributed by atoms with Gasteiger partial charge in [0.15, 0.2) is 0 Å². The first-order valence-electron chi connectivity index (χ1n) is 11.9. The number of amides is 1. The zero-order chi connectivity index (χ0) is 22.3. The number of rotatable bonds is 6. The second kappa shape index (κ2) is 10.8. The summed E-state index contributed by atoms with van der Waals surface area (Å²) in [4.78, 5) is 22.2. The van der Waals surface area contributed by atoms with Gasteiger partial charge < -0.3 is 14.5 Å². The molecule has 32 heavy (non-hydrogen) atoms. The first kappa shape index (κ1) is 22.6. The Kier molecular flexibility index (Phi) is 7.66. The summed E-state index contributed by atoms with van der Waals surface area (Å²) in [5.41, 5.74) is 3.45. The van der Waals surface area contributed by atoms with Crippen molar-refractivity contribution < 1.29 is 9.53 Å². The molecule has 2 aliphatic heterocycles. The fourth-order valence-corrected chi connectivity index (χ4v) is 4.70. The Hall–Kier alpha value is -2.57. The van der Waals surface area contributed by atoms with Crippen LogP contribution in [0.15, 0.2) is 54.6 Å².